The van der Waals surface area contributed by atoms with E-state index in [1.165, 1.54) is 0 Å². The van der Waals surface area contributed by atoms with Gasteiger partial charge in [0.1, 0.15) is 11.5 Å². The first kappa shape index (κ1) is 15.4. The number of rotatable bonds is 7. The molecule has 114 valence electrons. The second kappa shape index (κ2) is 7.13. The Morgan fingerprint density at radius 1 is 1.24 bits per heavy atom. The number of nitrogens with one attached hydrogen (secondary N) is 1. The van der Waals surface area contributed by atoms with Crippen LogP contribution in [0.4, 0.5) is 0 Å². The molecule has 5 nitrogen and oxygen atoms in total. The van der Waals surface area contributed by atoms with Gasteiger partial charge in [0.05, 0.1) is 26.0 Å². The second-order valence-electron chi connectivity index (χ2n) is 4.87. The molecule has 1 heterocycles. The van der Waals surface area contributed by atoms with E-state index >= 15 is 0 Å². The largest absolute Gasteiger partial charge is 0.497 e. The molecule has 1 unspecified atom stereocenters. The van der Waals surface area contributed by atoms with E-state index in [4.69, 9.17) is 9.47 Å². The van der Waals surface area contributed by atoms with Gasteiger partial charge in [0.25, 0.3) is 0 Å². The van der Waals surface area contributed by atoms with Gasteiger partial charge in [0.15, 0.2) is 0 Å². The molecule has 0 saturated carbocycles. The van der Waals surface area contributed by atoms with E-state index in [9.17, 15) is 0 Å². The predicted octanol–water partition coefficient (Wildman–Crippen LogP) is 2.53. The Balaban J connectivity index is 2.47. The van der Waals surface area contributed by atoms with Crippen molar-refractivity contribution in [2.45, 2.75) is 19.4 Å². The van der Waals surface area contributed by atoms with Gasteiger partial charge in [-0.3, -0.25) is 4.68 Å². The maximum atomic E-state index is 5.52. The lowest BCUT2D eigenvalue weighted by Gasteiger charge is -2.22. The quantitative estimate of drug-likeness (QED) is 0.851. The van der Waals surface area contributed by atoms with Gasteiger partial charge >= 0.3 is 0 Å². The standard InChI is InChI=1S/C16H23N3O2/c1-5-9-17-16(14-8-10-18-19(14)2)13-11-12(20-3)6-7-15(13)21-4/h6-8,10-11,16-17H,5,9H2,1-4H3. The van der Waals surface area contributed by atoms with Crippen molar-refractivity contribution >= 4 is 0 Å². The van der Waals surface area contributed by atoms with Gasteiger partial charge in [-0.15, -0.1) is 0 Å². The molecule has 0 radical (unpaired) electrons. The van der Waals surface area contributed by atoms with Gasteiger partial charge in [-0.25, -0.2) is 0 Å². The summed E-state index contributed by atoms with van der Waals surface area (Å²) in [6, 6.07) is 7.89. The molecule has 0 amide bonds. The number of hydrogen-bond donors (Lipinski definition) is 1. The van der Waals surface area contributed by atoms with Crippen molar-refractivity contribution in [1.82, 2.24) is 15.1 Å². The molecule has 0 saturated heterocycles. The monoisotopic (exact) mass is 289 g/mol. The number of methoxy groups -OCH3 is 2. The van der Waals surface area contributed by atoms with Crippen molar-refractivity contribution in [3.8, 4) is 11.5 Å². The highest BCUT2D eigenvalue weighted by atomic mass is 16.5. The topological polar surface area (TPSA) is 48.3 Å². The van der Waals surface area contributed by atoms with E-state index in [1.807, 2.05) is 42.2 Å². The zero-order valence-electron chi connectivity index (χ0n) is 13.1. The third-order valence-corrected chi connectivity index (χ3v) is 3.50. The Hall–Kier alpha value is -2.01. The van der Waals surface area contributed by atoms with Crippen LogP contribution in [0.25, 0.3) is 0 Å². The Bertz CT molecular complexity index is 581. The smallest absolute Gasteiger partial charge is 0.124 e. The molecule has 0 aliphatic rings. The lowest BCUT2D eigenvalue weighted by Crippen LogP contribution is -2.25. The van der Waals surface area contributed by atoms with Crippen molar-refractivity contribution in [2.24, 2.45) is 7.05 Å². The third kappa shape index (κ3) is 3.36. The SMILES string of the molecule is CCCNC(c1cc(OC)ccc1OC)c1ccnn1C. The van der Waals surface area contributed by atoms with Gasteiger partial charge in [0, 0.05) is 18.8 Å². The van der Waals surface area contributed by atoms with Crippen molar-refractivity contribution < 1.29 is 9.47 Å². The molecular weight excluding hydrogens is 266 g/mol. The number of benzene rings is 1. The number of hydrogen-bond acceptors (Lipinski definition) is 4. The van der Waals surface area contributed by atoms with Crippen molar-refractivity contribution in [3.63, 3.8) is 0 Å². The summed E-state index contributed by atoms with van der Waals surface area (Å²) in [5.74, 6) is 1.65. The fraction of sp³-hybridized carbons (Fsp3) is 0.438. The molecule has 21 heavy (non-hydrogen) atoms. The van der Waals surface area contributed by atoms with Gasteiger partial charge in [-0.05, 0) is 37.2 Å². The molecule has 5 heteroatoms. The zero-order chi connectivity index (χ0) is 15.2. The lowest BCUT2D eigenvalue weighted by molar-refractivity contribution is 0.392. The second-order valence-corrected chi connectivity index (χ2v) is 4.87. The zero-order valence-corrected chi connectivity index (χ0v) is 13.1. The summed E-state index contributed by atoms with van der Waals surface area (Å²) in [5.41, 5.74) is 2.14. The summed E-state index contributed by atoms with van der Waals surface area (Å²) < 4.78 is 12.8. The maximum absolute atomic E-state index is 5.52. The van der Waals surface area contributed by atoms with Crippen LogP contribution in [0, 0.1) is 0 Å². The summed E-state index contributed by atoms with van der Waals surface area (Å²) in [6.07, 6.45) is 2.86. The van der Waals surface area contributed by atoms with Crippen LogP contribution in [0.3, 0.4) is 0 Å². The molecule has 1 aromatic heterocycles. The van der Waals surface area contributed by atoms with Gasteiger partial charge in [-0.1, -0.05) is 6.92 Å². The maximum Gasteiger partial charge on any atom is 0.124 e. The first-order valence-corrected chi connectivity index (χ1v) is 7.14. The summed E-state index contributed by atoms with van der Waals surface area (Å²) in [6.45, 7) is 3.06. The van der Waals surface area contributed by atoms with Crippen molar-refractivity contribution in [3.05, 3.63) is 41.7 Å². The van der Waals surface area contributed by atoms with Crippen LogP contribution in [-0.2, 0) is 7.05 Å². The molecule has 2 aromatic rings. The number of nitrogens with zero attached hydrogens (tertiary/aromatic N) is 2. The summed E-state index contributed by atoms with van der Waals surface area (Å²) in [7, 11) is 5.30. The van der Waals surface area contributed by atoms with Crippen molar-refractivity contribution in [2.75, 3.05) is 20.8 Å². The number of aromatic nitrogens is 2. The van der Waals surface area contributed by atoms with Crippen LogP contribution in [0.2, 0.25) is 0 Å². The number of aryl methyl sites for hydroxylation is 1. The Morgan fingerprint density at radius 2 is 2.05 bits per heavy atom. The van der Waals surface area contributed by atoms with Crippen LogP contribution < -0.4 is 14.8 Å². The van der Waals surface area contributed by atoms with Crippen LogP contribution in [0.15, 0.2) is 30.5 Å². The fourth-order valence-corrected chi connectivity index (χ4v) is 2.39. The van der Waals surface area contributed by atoms with E-state index in [0.717, 1.165) is 35.7 Å². The Morgan fingerprint density at radius 3 is 2.62 bits per heavy atom. The van der Waals surface area contributed by atoms with Crippen LogP contribution >= 0.6 is 0 Å². The summed E-state index contributed by atoms with van der Waals surface area (Å²) in [5, 5.41) is 7.83. The van der Waals surface area contributed by atoms with E-state index in [0.29, 0.717) is 0 Å². The van der Waals surface area contributed by atoms with Crippen LogP contribution in [0.5, 0.6) is 11.5 Å². The first-order chi connectivity index (χ1) is 10.2. The Labute approximate surface area is 125 Å². The normalized spacial score (nSPS) is 12.2. The molecule has 0 fully saturated rings. The highest BCUT2D eigenvalue weighted by Crippen LogP contribution is 2.32. The van der Waals surface area contributed by atoms with E-state index in [2.05, 4.69) is 17.3 Å². The predicted molar refractivity (Wildman–Crippen MR) is 82.9 cm³/mol. The first-order valence-electron chi connectivity index (χ1n) is 7.14. The molecule has 2 rings (SSSR count). The van der Waals surface area contributed by atoms with E-state index in [-0.39, 0.29) is 6.04 Å². The summed E-state index contributed by atoms with van der Waals surface area (Å²) in [4.78, 5) is 0. The van der Waals surface area contributed by atoms with Gasteiger partial charge in [-0.2, -0.15) is 5.10 Å². The minimum Gasteiger partial charge on any atom is -0.497 e. The highest BCUT2D eigenvalue weighted by molar-refractivity contribution is 5.45. The molecule has 0 spiro atoms. The molecule has 1 N–H and O–H groups in total. The number of ether oxygens (including phenoxy) is 2. The van der Waals surface area contributed by atoms with E-state index in [1.54, 1.807) is 14.2 Å². The molecule has 0 bridgehead atoms. The molecule has 1 aromatic carbocycles. The lowest BCUT2D eigenvalue weighted by atomic mass is 10.0. The Kier molecular flexibility index (Phi) is 5.22. The summed E-state index contributed by atoms with van der Waals surface area (Å²) >= 11 is 0. The van der Waals surface area contributed by atoms with E-state index < -0.39 is 0 Å². The minimum atomic E-state index is 0.0162. The van der Waals surface area contributed by atoms with Gasteiger partial charge in [0.2, 0.25) is 0 Å². The molecule has 0 aliphatic heterocycles. The van der Waals surface area contributed by atoms with Gasteiger partial charge < -0.3 is 14.8 Å². The molecule has 0 aliphatic carbocycles. The fourth-order valence-electron chi connectivity index (χ4n) is 2.39. The minimum absolute atomic E-state index is 0.0162. The average molecular weight is 289 g/mol. The highest BCUT2D eigenvalue weighted by Gasteiger charge is 2.21. The van der Waals surface area contributed by atoms with Crippen molar-refractivity contribution in [1.29, 1.82) is 0 Å². The molecule has 1 atom stereocenters. The average Bonchev–Trinajstić information content (AvgIpc) is 2.93. The van der Waals surface area contributed by atoms with Crippen LogP contribution in [0.1, 0.15) is 30.6 Å². The third-order valence-electron chi connectivity index (χ3n) is 3.50. The molecular formula is C16H23N3O2. The van der Waals surface area contributed by atoms with Crippen LogP contribution in [-0.4, -0.2) is 30.5 Å².